The number of amides is 1. The van der Waals surface area contributed by atoms with E-state index in [2.05, 4.69) is 15.4 Å². The summed E-state index contributed by atoms with van der Waals surface area (Å²) in [4.78, 5) is 16.3. The molecule has 0 unspecified atom stereocenters. The van der Waals surface area contributed by atoms with Crippen LogP contribution in [-0.2, 0) is 11.0 Å². The van der Waals surface area contributed by atoms with Gasteiger partial charge in [-0.05, 0) is 54.8 Å². The highest BCUT2D eigenvalue weighted by Gasteiger charge is 2.31. The van der Waals surface area contributed by atoms with Crippen molar-refractivity contribution >= 4 is 17.7 Å². The standard InChI is InChI=1S/C24H25F3N4O3/c1-4-33-22-11-17(5-9-21(22)34-13-16(2)3)6-10-23(32)30-19-12-18(24(25,26)27)7-8-20(19)31-15-28-14-29-31/h5-12,14-16H,4,13H2,1-3H3,(H,30,32). The van der Waals surface area contributed by atoms with Crippen LogP contribution in [0.3, 0.4) is 0 Å². The Kier molecular flexibility index (Phi) is 7.93. The number of nitrogens with zero attached hydrogens (tertiary/aromatic N) is 3. The molecule has 0 fully saturated rings. The van der Waals surface area contributed by atoms with Crippen molar-refractivity contribution in [1.29, 1.82) is 0 Å². The molecule has 7 nitrogen and oxygen atoms in total. The first kappa shape index (κ1) is 24.8. The average molecular weight is 474 g/mol. The van der Waals surface area contributed by atoms with Crippen molar-refractivity contribution in [1.82, 2.24) is 14.8 Å². The van der Waals surface area contributed by atoms with Crippen LogP contribution in [0.5, 0.6) is 11.5 Å². The van der Waals surface area contributed by atoms with E-state index in [1.54, 1.807) is 18.2 Å². The molecular weight excluding hydrogens is 449 g/mol. The van der Waals surface area contributed by atoms with Crippen LogP contribution in [0.4, 0.5) is 18.9 Å². The summed E-state index contributed by atoms with van der Waals surface area (Å²) in [6, 6.07) is 8.24. The number of carbonyl (C=O) groups is 1. The van der Waals surface area contributed by atoms with Crippen LogP contribution in [-0.4, -0.2) is 33.9 Å². The summed E-state index contributed by atoms with van der Waals surface area (Å²) in [5.41, 5.74) is -0.0371. The molecule has 2 aromatic carbocycles. The maximum Gasteiger partial charge on any atom is 0.416 e. The van der Waals surface area contributed by atoms with Gasteiger partial charge in [0.1, 0.15) is 12.7 Å². The van der Waals surface area contributed by atoms with E-state index in [0.29, 0.717) is 36.2 Å². The minimum Gasteiger partial charge on any atom is -0.490 e. The van der Waals surface area contributed by atoms with E-state index in [4.69, 9.17) is 9.47 Å². The lowest BCUT2D eigenvalue weighted by Crippen LogP contribution is -2.13. The van der Waals surface area contributed by atoms with E-state index < -0.39 is 17.6 Å². The second-order valence-electron chi connectivity index (χ2n) is 7.74. The first-order valence-electron chi connectivity index (χ1n) is 10.6. The number of aromatic nitrogens is 3. The molecule has 0 aliphatic rings. The van der Waals surface area contributed by atoms with Gasteiger partial charge in [0.2, 0.25) is 5.91 Å². The van der Waals surface area contributed by atoms with Gasteiger partial charge < -0.3 is 14.8 Å². The zero-order valence-corrected chi connectivity index (χ0v) is 19.0. The molecule has 0 aliphatic heterocycles. The molecule has 0 spiro atoms. The molecule has 0 atom stereocenters. The summed E-state index contributed by atoms with van der Waals surface area (Å²) in [5, 5.41) is 6.43. The first-order valence-corrected chi connectivity index (χ1v) is 10.6. The second-order valence-corrected chi connectivity index (χ2v) is 7.74. The summed E-state index contributed by atoms with van der Waals surface area (Å²) < 4.78 is 52.3. The van der Waals surface area contributed by atoms with E-state index in [1.165, 1.54) is 35.6 Å². The third-order valence-electron chi connectivity index (χ3n) is 4.51. The minimum atomic E-state index is -4.56. The number of carbonyl (C=O) groups excluding carboxylic acids is 1. The highest BCUT2D eigenvalue weighted by Crippen LogP contribution is 2.33. The number of rotatable bonds is 9. The van der Waals surface area contributed by atoms with Gasteiger partial charge in [-0.1, -0.05) is 19.9 Å². The lowest BCUT2D eigenvalue weighted by Gasteiger charge is -2.14. The largest absolute Gasteiger partial charge is 0.490 e. The molecule has 1 aromatic heterocycles. The van der Waals surface area contributed by atoms with Gasteiger partial charge in [-0.3, -0.25) is 4.79 Å². The predicted octanol–water partition coefficient (Wildman–Crippen LogP) is 5.37. The average Bonchev–Trinajstić information content (AvgIpc) is 3.31. The van der Waals surface area contributed by atoms with Gasteiger partial charge in [0.25, 0.3) is 0 Å². The maximum atomic E-state index is 13.2. The monoisotopic (exact) mass is 474 g/mol. The van der Waals surface area contributed by atoms with Crippen molar-refractivity contribution in [2.45, 2.75) is 26.9 Å². The van der Waals surface area contributed by atoms with Crippen LogP contribution in [0.2, 0.25) is 0 Å². The highest BCUT2D eigenvalue weighted by molar-refractivity contribution is 6.03. The van der Waals surface area contributed by atoms with Crippen LogP contribution >= 0.6 is 0 Å². The van der Waals surface area contributed by atoms with Gasteiger partial charge in [0.15, 0.2) is 11.5 Å². The molecule has 1 heterocycles. The molecule has 0 saturated carbocycles. The molecule has 10 heteroatoms. The summed E-state index contributed by atoms with van der Waals surface area (Å²) >= 11 is 0. The predicted molar refractivity (Wildman–Crippen MR) is 122 cm³/mol. The minimum absolute atomic E-state index is 0.0533. The number of hydrogen-bond donors (Lipinski definition) is 1. The molecule has 34 heavy (non-hydrogen) atoms. The summed E-state index contributed by atoms with van der Waals surface area (Å²) in [7, 11) is 0. The number of hydrogen-bond acceptors (Lipinski definition) is 5. The topological polar surface area (TPSA) is 78.3 Å². The van der Waals surface area contributed by atoms with Gasteiger partial charge in [0, 0.05) is 6.08 Å². The van der Waals surface area contributed by atoms with Crippen molar-refractivity contribution < 1.29 is 27.4 Å². The van der Waals surface area contributed by atoms with Crippen LogP contribution in [0, 0.1) is 5.92 Å². The lowest BCUT2D eigenvalue weighted by atomic mass is 10.1. The van der Waals surface area contributed by atoms with Gasteiger partial charge in [-0.25, -0.2) is 9.67 Å². The molecule has 0 bridgehead atoms. The van der Waals surface area contributed by atoms with Crippen LogP contribution < -0.4 is 14.8 Å². The Bertz CT molecular complexity index is 1140. The fraction of sp³-hybridized carbons (Fsp3) is 0.292. The molecule has 0 saturated heterocycles. The van der Waals surface area contributed by atoms with E-state index >= 15 is 0 Å². The van der Waals surface area contributed by atoms with Crippen molar-refractivity contribution in [3.8, 4) is 17.2 Å². The Balaban J connectivity index is 1.81. The Morgan fingerprint density at radius 3 is 2.59 bits per heavy atom. The molecule has 0 aliphatic carbocycles. The van der Waals surface area contributed by atoms with Gasteiger partial charge in [0.05, 0.1) is 30.2 Å². The lowest BCUT2D eigenvalue weighted by molar-refractivity contribution is -0.137. The number of alkyl halides is 3. The molecule has 1 amide bonds. The van der Waals surface area contributed by atoms with Crippen molar-refractivity contribution in [3.63, 3.8) is 0 Å². The molecular formula is C24H25F3N4O3. The maximum absolute atomic E-state index is 13.2. The van der Waals surface area contributed by atoms with Gasteiger partial charge >= 0.3 is 6.18 Å². The Hall–Kier alpha value is -3.82. The SMILES string of the molecule is CCOc1cc(C=CC(=O)Nc2cc(C(F)(F)F)ccc2-n2cncn2)ccc1OCC(C)C. The van der Waals surface area contributed by atoms with E-state index in [1.807, 2.05) is 20.8 Å². The molecule has 0 radical (unpaired) electrons. The molecule has 3 aromatic rings. The fourth-order valence-corrected chi connectivity index (χ4v) is 2.96. The van der Waals surface area contributed by atoms with Crippen molar-refractivity contribution in [3.05, 3.63) is 66.3 Å². The zero-order valence-electron chi connectivity index (χ0n) is 19.0. The summed E-state index contributed by atoms with van der Waals surface area (Å²) in [6.07, 6.45) is 0.767. The summed E-state index contributed by atoms with van der Waals surface area (Å²) in [5.74, 6) is 0.866. The summed E-state index contributed by atoms with van der Waals surface area (Å²) in [6.45, 7) is 6.89. The number of ether oxygens (including phenoxy) is 2. The molecule has 180 valence electrons. The van der Waals surface area contributed by atoms with Gasteiger partial charge in [-0.15, -0.1) is 0 Å². The van der Waals surface area contributed by atoms with Crippen molar-refractivity contribution in [2.75, 3.05) is 18.5 Å². The Labute approximate surface area is 195 Å². The van der Waals surface area contributed by atoms with Crippen LogP contribution in [0.1, 0.15) is 31.9 Å². The van der Waals surface area contributed by atoms with E-state index in [0.717, 1.165) is 12.1 Å². The fourth-order valence-electron chi connectivity index (χ4n) is 2.96. The number of benzene rings is 2. The third-order valence-corrected chi connectivity index (χ3v) is 4.51. The zero-order chi connectivity index (χ0) is 24.7. The van der Waals surface area contributed by atoms with Crippen LogP contribution in [0.15, 0.2) is 55.1 Å². The smallest absolute Gasteiger partial charge is 0.416 e. The Morgan fingerprint density at radius 2 is 1.94 bits per heavy atom. The second kappa shape index (κ2) is 10.9. The van der Waals surface area contributed by atoms with Crippen molar-refractivity contribution in [2.24, 2.45) is 5.92 Å². The number of halogens is 3. The number of anilines is 1. The highest BCUT2D eigenvalue weighted by atomic mass is 19.4. The quantitative estimate of drug-likeness (QED) is 0.422. The van der Waals surface area contributed by atoms with Gasteiger partial charge in [-0.2, -0.15) is 18.3 Å². The normalized spacial score (nSPS) is 11.7. The molecule has 1 N–H and O–H groups in total. The number of nitrogens with one attached hydrogen (secondary N) is 1. The molecule has 3 rings (SSSR count). The van der Waals surface area contributed by atoms with E-state index in [-0.39, 0.29) is 11.4 Å². The Morgan fingerprint density at radius 1 is 1.15 bits per heavy atom. The van der Waals surface area contributed by atoms with E-state index in [9.17, 15) is 18.0 Å². The third kappa shape index (κ3) is 6.60. The van der Waals surface area contributed by atoms with Crippen LogP contribution in [0.25, 0.3) is 11.8 Å². The first-order chi connectivity index (χ1) is 16.2.